The molecule has 0 amide bonds. The van der Waals surface area contributed by atoms with E-state index in [4.69, 9.17) is 5.73 Å². The van der Waals surface area contributed by atoms with Gasteiger partial charge in [0.2, 0.25) is 0 Å². The topological polar surface area (TPSA) is 45.4 Å². The van der Waals surface area contributed by atoms with Gasteiger partial charge in [0.15, 0.2) is 0 Å². The fourth-order valence-electron chi connectivity index (χ4n) is 2.17. The van der Waals surface area contributed by atoms with Crippen LogP contribution >= 0.6 is 0 Å². The van der Waals surface area contributed by atoms with Gasteiger partial charge in [0.1, 0.15) is 5.82 Å². The number of anilines is 1. The molecule has 0 unspecified atom stereocenters. The maximum Gasteiger partial charge on any atom is 0.131 e. The van der Waals surface area contributed by atoms with Crippen LogP contribution in [0.1, 0.15) is 24.5 Å². The Labute approximate surface area is 117 Å². The Morgan fingerprint density at radius 2 is 1.95 bits per heavy atom. The lowest BCUT2D eigenvalue weighted by Crippen LogP contribution is -2.33. The quantitative estimate of drug-likeness (QED) is 0.776. The van der Waals surface area contributed by atoms with Crippen LogP contribution in [0.25, 0.3) is 0 Å². The summed E-state index contributed by atoms with van der Waals surface area (Å²) in [7, 11) is 4.21. The van der Waals surface area contributed by atoms with Crippen molar-refractivity contribution in [3.63, 3.8) is 0 Å². The van der Waals surface area contributed by atoms with Crippen molar-refractivity contribution in [2.24, 2.45) is 5.73 Å². The van der Waals surface area contributed by atoms with Crippen molar-refractivity contribution < 1.29 is 0 Å². The monoisotopic (exact) mass is 264 g/mol. The summed E-state index contributed by atoms with van der Waals surface area (Å²) in [5, 5.41) is 0. The van der Waals surface area contributed by atoms with Crippen molar-refractivity contribution in [3.05, 3.63) is 23.4 Å². The Bertz CT molecular complexity index is 376. The molecule has 0 bridgehead atoms. The van der Waals surface area contributed by atoms with Crippen molar-refractivity contribution in [1.82, 2.24) is 9.88 Å². The second kappa shape index (κ2) is 8.12. The van der Waals surface area contributed by atoms with Crippen LogP contribution in [-0.2, 0) is 6.42 Å². The number of hydrogen-bond acceptors (Lipinski definition) is 4. The zero-order valence-corrected chi connectivity index (χ0v) is 12.8. The van der Waals surface area contributed by atoms with Gasteiger partial charge in [-0.15, -0.1) is 0 Å². The molecule has 0 spiro atoms. The number of likely N-dealkylation sites (N-methyl/N-ethyl adjacent to an activating group) is 1. The fourth-order valence-corrected chi connectivity index (χ4v) is 2.17. The van der Waals surface area contributed by atoms with E-state index < -0.39 is 0 Å². The fraction of sp³-hybridized carbons (Fsp3) is 0.667. The molecular formula is C15H28N4. The molecule has 0 aliphatic rings. The SMILES string of the molecule is CCCN(CCN(C)C)c1ncc(CCN)cc1C. The van der Waals surface area contributed by atoms with E-state index in [0.29, 0.717) is 6.54 Å². The van der Waals surface area contributed by atoms with Gasteiger partial charge < -0.3 is 15.5 Å². The highest BCUT2D eigenvalue weighted by molar-refractivity contribution is 5.47. The zero-order chi connectivity index (χ0) is 14.3. The number of aromatic nitrogens is 1. The minimum Gasteiger partial charge on any atom is -0.355 e. The minimum absolute atomic E-state index is 0.680. The van der Waals surface area contributed by atoms with E-state index in [-0.39, 0.29) is 0 Å². The van der Waals surface area contributed by atoms with Gasteiger partial charge in [-0.25, -0.2) is 4.98 Å². The zero-order valence-electron chi connectivity index (χ0n) is 12.8. The Balaban J connectivity index is 2.82. The molecule has 0 aliphatic heterocycles. The Hall–Kier alpha value is -1.13. The molecule has 0 atom stereocenters. The highest BCUT2D eigenvalue weighted by Gasteiger charge is 2.10. The third-order valence-electron chi connectivity index (χ3n) is 3.15. The van der Waals surface area contributed by atoms with Crippen LogP contribution in [0, 0.1) is 6.92 Å². The molecule has 4 heteroatoms. The van der Waals surface area contributed by atoms with E-state index in [9.17, 15) is 0 Å². The summed E-state index contributed by atoms with van der Waals surface area (Å²) in [5.41, 5.74) is 8.07. The lowest BCUT2D eigenvalue weighted by atomic mass is 10.1. The lowest BCUT2D eigenvalue weighted by Gasteiger charge is -2.26. The van der Waals surface area contributed by atoms with Gasteiger partial charge in [0, 0.05) is 25.8 Å². The molecule has 0 aromatic carbocycles. The molecule has 1 rings (SSSR count). The molecular weight excluding hydrogens is 236 g/mol. The van der Waals surface area contributed by atoms with Crippen LogP contribution < -0.4 is 10.6 Å². The Morgan fingerprint density at radius 3 is 2.47 bits per heavy atom. The summed E-state index contributed by atoms with van der Waals surface area (Å²) in [6.45, 7) is 8.15. The Morgan fingerprint density at radius 1 is 1.21 bits per heavy atom. The van der Waals surface area contributed by atoms with Crippen LogP contribution in [0.5, 0.6) is 0 Å². The standard InChI is InChI=1S/C15H28N4/c1-5-8-19(10-9-18(3)4)15-13(2)11-14(6-7-16)12-17-15/h11-12H,5-10,16H2,1-4H3. The first-order chi connectivity index (χ1) is 9.08. The van der Waals surface area contributed by atoms with E-state index in [1.165, 1.54) is 11.1 Å². The summed E-state index contributed by atoms with van der Waals surface area (Å²) in [6.07, 6.45) is 4.01. The summed E-state index contributed by atoms with van der Waals surface area (Å²) in [4.78, 5) is 9.23. The first-order valence-corrected chi connectivity index (χ1v) is 7.13. The number of aryl methyl sites for hydroxylation is 1. The summed E-state index contributed by atoms with van der Waals surface area (Å²) in [5.74, 6) is 1.12. The van der Waals surface area contributed by atoms with Gasteiger partial charge in [0.05, 0.1) is 0 Å². The molecule has 0 fully saturated rings. The van der Waals surface area contributed by atoms with Gasteiger partial charge in [-0.05, 0) is 51.5 Å². The second-order valence-electron chi connectivity index (χ2n) is 5.31. The van der Waals surface area contributed by atoms with Gasteiger partial charge in [-0.2, -0.15) is 0 Å². The third kappa shape index (κ3) is 5.17. The average Bonchev–Trinajstić information content (AvgIpc) is 2.35. The van der Waals surface area contributed by atoms with Gasteiger partial charge in [-0.3, -0.25) is 0 Å². The highest BCUT2D eigenvalue weighted by Crippen LogP contribution is 2.18. The van der Waals surface area contributed by atoms with Crippen LogP contribution in [0.3, 0.4) is 0 Å². The third-order valence-corrected chi connectivity index (χ3v) is 3.15. The highest BCUT2D eigenvalue weighted by atomic mass is 15.2. The van der Waals surface area contributed by atoms with Crippen LogP contribution in [-0.4, -0.2) is 50.2 Å². The maximum absolute atomic E-state index is 5.59. The lowest BCUT2D eigenvalue weighted by molar-refractivity contribution is 0.412. The minimum atomic E-state index is 0.680. The molecule has 0 aliphatic carbocycles. The normalized spacial score (nSPS) is 11.1. The molecule has 0 radical (unpaired) electrons. The predicted octanol–water partition coefficient (Wildman–Crippen LogP) is 1.67. The number of nitrogens with two attached hydrogens (primary N) is 1. The maximum atomic E-state index is 5.59. The molecule has 1 heterocycles. The van der Waals surface area contributed by atoms with E-state index >= 15 is 0 Å². The largest absolute Gasteiger partial charge is 0.355 e. The first-order valence-electron chi connectivity index (χ1n) is 7.13. The molecule has 0 saturated carbocycles. The molecule has 1 aromatic heterocycles. The summed E-state index contributed by atoms with van der Waals surface area (Å²) < 4.78 is 0. The summed E-state index contributed by atoms with van der Waals surface area (Å²) in [6, 6.07) is 2.22. The van der Waals surface area contributed by atoms with E-state index in [1.807, 2.05) is 6.20 Å². The van der Waals surface area contributed by atoms with Crippen molar-refractivity contribution in [1.29, 1.82) is 0 Å². The van der Waals surface area contributed by atoms with Gasteiger partial charge in [0.25, 0.3) is 0 Å². The predicted molar refractivity (Wildman–Crippen MR) is 82.8 cm³/mol. The molecule has 0 saturated heterocycles. The first kappa shape index (κ1) is 15.9. The van der Waals surface area contributed by atoms with Gasteiger partial charge in [-0.1, -0.05) is 13.0 Å². The average molecular weight is 264 g/mol. The van der Waals surface area contributed by atoms with Crippen molar-refractivity contribution in [2.75, 3.05) is 45.2 Å². The summed E-state index contributed by atoms with van der Waals surface area (Å²) >= 11 is 0. The molecule has 4 nitrogen and oxygen atoms in total. The number of hydrogen-bond donors (Lipinski definition) is 1. The van der Waals surface area contributed by atoms with Crippen molar-refractivity contribution in [2.45, 2.75) is 26.7 Å². The van der Waals surface area contributed by atoms with E-state index in [1.54, 1.807) is 0 Å². The molecule has 108 valence electrons. The van der Waals surface area contributed by atoms with Crippen molar-refractivity contribution >= 4 is 5.82 Å². The number of nitrogens with zero attached hydrogens (tertiary/aromatic N) is 3. The number of rotatable bonds is 8. The van der Waals surface area contributed by atoms with E-state index in [0.717, 1.165) is 38.3 Å². The smallest absolute Gasteiger partial charge is 0.131 e. The number of pyridine rings is 1. The second-order valence-corrected chi connectivity index (χ2v) is 5.31. The van der Waals surface area contributed by atoms with Crippen molar-refractivity contribution in [3.8, 4) is 0 Å². The van der Waals surface area contributed by atoms with E-state index in [2.05, 4.69) is 48.8 Å². The molecule has 2 N–H and O–H groups in total. The van der Waals surface area contributed by atoms with Crippen LogP contribution in [0.15, 0.2) is 12.3 Å². The molecule has 1 aromatic rings. The van der Waals surface area contributed by atoms with Crippen LogP contribution in [0.2, 0.25) is 0 Å². The molecule has 19 heavy (non-hydrogen) atoms. The Kier molecular flexibility index (Phi) is 6.81. The van der Waals surface area contributed by atoms with Gasteiger partial charge >= 0.3 is 0 Å². The van der Waals surface area contributed by atoms with Crippen LogP contribution in [0.4, 0.5) is 5.82 Å².